The number of sulfonamides is 1. The molecule has 0 spiro atoms. The fourth-order valence-corrected chi connectivity index (χ4v) is 8.97. The lowest BCUT2D eigenvalue weighted by Gasteiger charge is -2.40. The van der Waals surface area contributed by atoms with E-state index in [0.29, 0.717) is 27.5 Å². The third-order valence-corrected chi connectivity index (χ3v) is 11.6. The van der Waals surface area contributed by atoms with Gasteiger partial charge >= 0.3 is 0 Å². The van der Waals surface area contributed by atoms with E-state index in [1.807, 2.05) is 14.1 Å². The van der Waals surface area contributed by atoms with Gasteiger partial charge in [-0.3, -0.25) is 24.2 Å². The summed E-state index contributed by atoms with van der Waals surface area (Å²) in [5.41, 5.74) is 1.53. The van der Waals surface area contributed by atoms with Crippen molar-refractivity contribution in [2.75, 3.05) is 40.3 Å². The standard InChI is InChI=1S/C28H34ClN7O5S2/c1-16-26(33(2)3)25-21(14-30-16)42-27(32-25)28(39)35-11-10-34(15-19(35)8-9-36-23(37)6-7-24(36)38)43(40,41)22-13-17-12-18(29)4-5-20(17)31-22/h4-5,12-13,16,19,26,30-31H,6-11,14-15H2,1-3H3. The van der Waals surface area contributed by atoms with Crippen molar-refractivity contribution in [3.63, 3.8) is 0 Å². The van der Waals surface area contributed by atoms with E-state index in [9.17, 15) is 22.8 Å². The van der Waals surface area contributed by atoms with Crippen molar-refractivity contribution in [3.8, 4) is 0 Å². The van der Waals surface area contributed by atoms with Crippen LogP contribution in [0.2, 0.25) is 5.02 Å². The van der Waals surface area contributed by atoms with Crippen molar-refractivity contribution in [2.45, 2.75) is 55.9 Å². The third kappa shape index (κ3) is 5.60. The predicted octanol–water partition coefficient (Wildman–Crippen LogP) is 2.43. The van der Waals surface area contributed by atoms with Gasteiger partial charge in [-0.2, -0.15) is 4.31 Å². The summed E-state index contributed by atoms with van der Waals surface area (Å²) in [7, 11) is 0.0215. The molecule has 1 aromatic carbocycles. The Balaban J connectivity index is 1.28. The number of hydrogen-bond donors (Lipinski definition) is 2. The number of amides is 3. The smallest absolute Gasteiger partial charge is 0.283 e. The quantitative estimate of drug-likeness (QED) is 0.373. The minimum Gasteiger partial charge on any atom is -0.345 e. The normalized spacial score (nSPS) is 23.5. The first kappa shape index (κ1) is 30.2. The van der Waals surface area contributed by atoms with E-state index in [2.05, 4.69) is 22.1 Å². The maximum atomic E-state index is 14.0. The van der Waals surface area contributed by atoms with Crippen LogP contribution in [0.3, 0.4) is 0 Å². The van der Waals surface area contributed by atoms with Gasteiger partial charge in [0, 0.05) is 78.5 Å². The fraction of sp³-hybridized carbons (Fsp3) is 0.500. The summed E-state index contributed by atoms with van der Waals surface area (Å²) in [5.74, 6) is -0.765. The van der Waals surface area contributed by atoms with Gasteiger partial charge in [0.25, 0.3) is 15.9 Å². The number of H-pyrrole nitrogens is 1. The fourth-order valence-electron chi connectivity index (χ4n) is 6.29. The molecule has 2 fully saturated rings. The SMILES string of the molecule is CC1NCc2sc(C(=O)N3CCN(S(=O)(=O)c4cc5cc(Cl)ccc5[nH]4)CC3CCN3C(=O)CCC3=O)nc2C1N(C)C. The lowest BCUT2D eigenvalue weighted by atomic mass is 10.0. The number of likely N-dealkylation sites (tertiary alicyclic amines) is 1. The Morgan fingerprint density at radius 2 is 1.91 bits per heavy atom. The van der Waals surface area contributed by atoms with Gasteiger partial charge in [-0.25, -0.2) is 13.4 Å². The van der Waals surface area contributed by atoms with E-state index in [1.54, 1.807) is 29.2 Å². The molecule has 3 aliphatic heterocycles. The zero-order valence-corrected chi connectivity index (χ0v) is 26.6. The number of benzene rings is 1. The van der Waals surface area contributed by atoms with Gasteiger partial charge in [0.2, 0.25) is 11.8 Å². The molecule has 3 aliphatic rings. The van der Waals surface area contributed by atoms with Crippen LogP contribution in [0.4, 0.5) is 0 Å². The largest absolute Gasteiger partial charge is 0.345 e. The second-order valence-corrected chi connectivity index (χ2v) is 14.9. The maximum absolute atomic E-state index is 14.0. The van der Waals surface area contributed by atoms with Crippen LogP contribution < -0.4 is 5.32 Å². The molecule has 2 saturated heterocycles. The number of aromatic amines is 1. The van der Waals surface area contributed by atoms with Crippen LogP contribution in [0.25, 0.3) is 10.9 Å². The topological polar surface area (TPSA) is 139 Å². The molecule has 6 rings (SSSR count). The average Bonchev–Trinajstić information content (AvgIpc) is 3.68. The van der Waals surface area contributed by atoms with Crippen LogP contribution in [-0.4, -0.2) is 107 Å². The molecule has 0 aliphatic carbocycles. The van der Waals surface area contributed by atoms with Crippen molar-refractivity contribution in [2.24, 2.45) is 0 Å². The zero-order valence-electron chi connectivity index (χ0n) is 24.2. The molecule has 0 bridgehead atoms. The van der Waals surface area contributed by atoms with Crippen LogP contribution in [-0.2, 0) is 26.2 Å². The van der Waals surface area contributed by atoms with E-state index in [0.717, 1.165) is 10.6 Å². The number of rotatable bonds is 7. The summed E-state index contributed by atoms with van der Waals surface area (Å²) in [6.07, 6.45) is 0.587. The second kappa shape index (κ2) is 11.6. The maximum Gasteiger partial charge on any atom is 0.283 e. The van der Waals surface area contributed by atoms with Gasteiger partial charge in [-0.05, 0) is 51.7 Å². The van der Waals surface area contributed by atoms with Gasteiger partial charge < -0.3 is 15.2 Å². The molecule has 3 amide bonds. The second-order valence-electron chi connectivity index (χ2n) is 11.5. The summed E-state index contributed by atoms with van der Waals surface area (Å²) in [6.45, 7) is 3.08. The molecular formula is C28H34ClN7O5S2. The molecule has 12 nitrogen and oxygen atoms in total. The number of piperazine rings is 1. The number of nitrogens with one attached hydrogen (secondary N) is 2. The molecule has 3 unspecified atom stereocenters. The number of imide groups is 1. The molecule has 0 saturated carbocycles. The molecule has 3 atom stereocenters. The molecule has 15 heteroatoms. The average molecular weight is 648 g/mol. The molecular weight excluding hydrogens is 614 g/mol. The monoisotopic (exact) mass is 647 g/mol. The molecule has 2 aromatic heterocycles. The predicted molar refractivity (Wildman–Crippen MR) is 162 cm³/mol. The summed E-state index contributed by atoms with van der Waals surface area (Å²) < 4.78 is 28.9. The number of hydrogen-bond acceptors (Lipinski definition) is 9. The van der Waals surface area contributed by atoms with Crippen LogP contribution in [0.5, 0.6) is 0 Å². The van der Waals surface area contributed by atoms with Crippen LogP contribution in [0, 0.1) is 0 Å². The number of thiazole rings is 1. The molecule has 5 heterocycles. The summed E-state index contributed by atoms with van der Waals surface area (Å²) in [6, 6.07) is 6.26. The number of aromatic nitrogens is 2. The van der Waals surface area contributed by atoms with Gasteiger partial charge in [0.05, 0.1) is 11.7 Å². The van der Waals surface area contributed by atoms with Crippen LogP contribution in [0.1, 0.15) is 52.6 Å². The van der Waals surface area contributed by atoms with E-state index in [1.165, 1.54) is 20.5 Å². The highest BCUT2D eigenvalue weighted by atomic mass is 35.5. The first-order valence-electron chi connectivity index (χ1n) is 14.3. The Bertz CT molecular complexity index is 1690. The third-order valence-electron chi connectivity index (χ3n) is 8.53. The van der Waals surface area contributed by atoms with Crippen molar-refractivity contribution in [1.82, 2.24) is 34.3 Å². The summed E-state index contributed by atoms with van der Waals surface area (Å²) >= 11 is 7.46. The first-order chi connectivity index (χ1) is 20.4. The number of halogens is 1. The van der Waals surface area contributed by atoms with E-state index in [-0.39, 0.29) is 80.3 Å². The summed E-state index contributed by atoms with van der Waals surface area (Å²) in [4.78, 5) is 52.4. The summed E-state index contributed by atoms with van der Waals surface area (Å²) in [5, 5.41) is 5.04. The molecule has 230 valence electrons. The first-order valence-corrected chi connectivity index (χ1v) is 16.9. The van der Waals surface area contributed by atoms with Crippen molar-refractivity contribution >= 4 is 61.6 Å². The minimum absolute atomic E-state index is 0.0118. The number of likely N-dealkylation sites (N-methyl/N-ethyl adjacent to an activating group) is 1. The Labute approximate surface area is 259 Å². The van der Waals surface area contributed by atoms with Crippen molar-refractivity contribution in [3.05, 3.63) is 44.9 Å². The molecule has 43 heavy (non-hydrogen) atoms. The van der Waals surface area contributed by atoms with E-state index < -0.39 is 16.1 Å². The van der Waals surface area contributed by atoms with Crippen LogP contribution in [0.15, 0.2) is 29.3 Å². The zero-order chi connectivity index (χ0) is 30.6. The Morgan fingerprint density at radius 1 is 1.16 bits per heavy atom. The van der Waals surface area contributed by atoms with Gasteiger partial charge in [0.1, 0.15) is 5.03 Å². The van der Waals surface area contributed by atoms with Crippen LogP contribution >= 0.6 is 22.9 Å². The Kier molecular flexibility index (Phi) is 8.11. The number of carbonyl (C=O) groups excluding carboxylic acids is 3. The number of fused-ring (bicyclic) bond motifs is 2. The highest BCUT2D eigenvalue weighted by molar-refractivity contribution is 7.89. The highest BCUT2D eigenvalue weighted by Gasteiger charge is 2.40. The van der Waals surface area contributed by atoms with Crippen molar-refractivity contribution in [1.29, 1.82) is 0 Å². The lowest BCUT2D eigenvalue weighted by Crippen LogP contribution is -2.57. The molecule has 3 aromatic rings. The van der Waals surface area contributed by atoms with Gasteiger partial charge in [0.15, 0.2) is 5.01 Å². The number of carbonyl (C=O) groups is 3. The highest BCUT2D eigenvalue weighted by Crippen LogP contribution is 2.34. The van der Waals surface area contributed by atoms with E-state index >= 15 is 0 Å². The van der Waals surface area contributed by atoms with Gasteiger partial charge in [-0.1, -0.05) is 11.6 Å². The van der Waals surface area contributed by atoms with Gasteiger partial charge in [-0.15, -0.1) is 11.3 Å². The Hall–Kier alpha value is -2.88. The lowest BCUT2D eigenvalue weighted by molar-refractivity contribution is -0.138. The van der Waals surface area contributed by atoms with E-state index in [4.69, 9.17) is 16.6 Å². The molecule has 2 N–H and O–H groups in total. The number of nitrogens with zero attached hydrogens (tertiary/aromatic N) is 5. The van der Waals surface area contributed by atoms with Crippen molar-refractivity contribution < 1.29 is 22.8 Å². The molecule has 0 radical (unpaired) electrons. The Morgan fingerprint density at radius 3 is 2.63 bits per heavy atom. The minimum atomic E-state index is -3.95.